The third-order valence-electron chi connectivity index (χ3n) is 2.03. The van der Waals surface area contributed by atoms with Crippen LogP contribution in [0.3, 0.4) is 0 Å². The largest absolute Gasteiger partial charge is 0.496 e. The lowest BCUT2D eigenvalue weighted by molar-refractivity contribution is 0.0940. The molecule has 1 aromatic carbocycles. The topological polar surface area (TPSA) is 62.4 Å². The zero-order valence-electron chi connectivity index (χ0n) is 10.0. The van der Waals surface area contributed by atoms with Crippen molar-refractivity contribution in [3.63, 3.8) is 0 Å². The summed E-state index contributed by atoms with van der Waals surface area (Å²) in [4.78, 5) is 11.9. The Morgan fingerprint density at radius 2 is 2.17 bits per heavy atom. The minimum Gasteiger partial charge on any atom is -0.496 e. The molecule has 1 rings (SSSR count). The molecule has 0 spiro atoms. The summed E-state index contributed by atoms with van der Waals surface area (Å²) in [6.07, 6.45) is 0. The lowest BCUT2D eigenvalue weighted by Gasteiger charge is -2.12. The van der Waals surface area contributed by atoms with Gasteiger partial charge in [0.1, 0.15) is 5.75 Å². The highest BCUT2D eigenvalue weighted by Crippen LogP contribution is 2.22. The van der Waals surface area contributed by atoms with Gasteiger partial charge in [0.25, 0.3) is 5.91 Å². The highest BCUT2D eigenvalue weighted by molar-refractivity contribution is 7.80. The van der Waals surface area contributed by atoms with Crippen molar-refractivity contribution in [3.8, 4) is 5.75 Å². The van der Waals surface area contributed by atoms with E-state index < -0.39 is 0 Å². The van der Waals surface area contributed by atoms with Crippen molar-refractivity contribution >= 4 is 34.8 Å². The number of thiocarbonyl (C=S) groups is 1. The Morgan fingerprint density at radius 1 is 1.44 bits per heavy atom. The van der Waals surface area contributed by atoms with Gasteiger partial charge in [0.2, 0.25) is 0 Å². The molecule has 0 unspecified atom stereocenters. The van der Waals surface area contributed by atoms with Crippen LogP contribution in [0.5, 0.6) is 5.75 Å². The van der Waals surface area contributed by atoms with Gasteiger partial charge in [0, 0.05) is 11.6 Å². The van der Waals surface area contributed by atoms with Crippen molar-refractivity contribution in [2.45, 2.75) is 6.92 Å². The van der Waals surface area contributed by atoms with Crippen molar-refractivity contribution in [3.05, 3.63) is 28.8 Å². The average molecular weight is 288 g/mol. The van der Waals surface area contributed by atoms with Crippen LogP contribution >= 0.6 is 23.8 Å². The molecule has 0 saturated heterocycles. The van der Waals surface area contributed by atoms with Gasteiger partial charge in [-0.2, -0.15) is 0 Å². The number of amides is 1. The van der Waals surface area contributed by atoms with Gasteiger partial charge in [-0.25, -0.2) is 0 Å². The Hall–Kier alpha value is -1.53. The predicted molar refractivity (Wildman–Crippen MR) is 74.9 cm³/mol. The maximum absolute atomic E-state index is 11.9. The van der Waals surface area contributed by atoms with Crippen LogP contribution in [0.25, 0.3) is 0 Å². The minimum atomic E-state index is -0.380. The van der Waals surface area contributed by atoms with Crippen molar-refractivity contribution in [2.24, 2.45) is 0 Å². The Kier molecular flexibility index (Phi) is 5.67. The molecule has 3 N–H and O–H groups in total. The van der Waals surface area contributed by atoms with E-state index in [-0.39, 0.29) is 5.91 Å². The van der Waals surface area contributed by atoms with Crippen molar-refractivity contribution in [1.82, 2.24) is 16.2 Å². The van der Waals surface area contributed by atoms with Crippen LogP contribution in [-0.2, 0) is 0 Å². The standard InChI is InChI=1S/C11H14ClN3O2S/c1-3-13-11(18)15-14-10(16)8-6-7(12)4-5-9(8)17-2/h4-6H,3H2,1-2H3,(H,14,16)(H2,13,15,18). The quantitative estimate of drug-likeness (QED) is 0.581. The smallest absolute Gasteiger partial charge is 0.273 e. The second kappa shape index (κ2) is 7.03. The van der Waals surface area contributed by atoms with Crippen LogP contribution in [0.2, 0.25) is 5.02 Å². The third-order valence-corrected chi connectivity index (χ3v) is 2.51. The van der Waals surface area contributed by atoms with E-state index >= 15 is 0 Å². The Balaban J connectivity index is 2.71. The lowest BCUT2D eigenvalue weighted by atomic mass is 10.2. The summed E-state index contributed by atoms with van der Waals surface area (Å²) in [7, 11) is 1.48. The summed E-state index contributed by atoms with van der Waals surface area (Å²) in [5, 5.41) is 3.63. The zero-order chi connectivity index (χ0) is 13.5. The maximum atomic E-state index is 11.9. The molecule has 7 heteroatoms. The molecule has 0 aliphatic carbocycles. The summed E-state index contributed by atoms with van der Waals surface area (Å²) in [6.45, 7) is 2.57. The second-order valence-electron chi connectivity index (χ2n) is 3.28. The van der Waals surface area contributed by atoms with E-state index in [1.54, 1.807) is 12.1 Å². The average Bonchev–Trinajstić information content (AvgIpc) is 2.36. The van der Waals surface area contributed by atoms with Gasteiger partial charge in [-0.3, -0.25) is 15.6 Å². The highest BCUT2D eigenvalue weighted by atomic mass is 35.5. The van der Waals surface area contributed by atoms with Crippen LogP contribution in [-0.4, -0.2) is 24.7 Å². The molecule has 1 aromatic rings. The molecule has 1 amide bonds. The van der Waals surface area contributed by atoms with Gasteiger partial charge in [-0.1, -0.05) is 11.6 Å². The van der Waals surface area contributed by atoms with E-state index in [1.165, 1.54) is 13.2 Å². The number of halogens is 1. The number of carbonyl (C=O) groups excluding carboxylic acids is 1. The number of carbonyl (C=O) groups is 1. The monoisotopic (exact) mass is 287 g/mol. The number of nitrogens with one attached hydrogen (secondary N) is 3. The Bertz CT molecular complexity index is 454. The third kappa shape index (κ3) is 4.05. The van der Waals surface area contributed by atoms with Crippen LogP contribution in [0.15, 0.2) is 18.2 Å². The number of rotatable bonds is 3. The summed E-state index contributed by atoms with van der Waals surface area (Å²) in [5.74, 6) is 0.0580. The van der Waals surface area contributed by atoms with Gasteiger partial charge >= 0.3 is 0 Å². The maximum Gasteiger partial charge on any atom is 0.273 e. The fourth-order valence-electron chi connectivity index (χ4n) is 1.24. The molecule has 0 atom stereocenters. The predicted octanol–water partition coefficient (Wildman–Crippen LogP) is 1.48. The van der Waals surface area contributed by atoms with E-state index in [2.05, 4.69) is 16.2 Å². The van der Waals surface area contributed by atoms with Gasteiger partial charge < -0.3 is 10.1 Å². The molecule has 0 aliphatic rings. The molecule has 5 nitrogen and oxygen atoms in total. The van der Waals surface area contributed by atoms with Crippen molar-refractivity contribution in [1.29, 1.82) is 0 Å². The number of ether oxygens (including phenoxy) is 1. The first-order chi connectivity index (χ1) is 8.58. The highest BCUT2D eigenvalue weighted by Gasteiger charge is 2.12. The Labute approximate surface area is 116 Å². The first-order valence-corrected chi connectivity index (χ1v) is 6.04. The molecular weight excluding hydrogens is 274 g/mol. The number of hydrazine groups is 1. The zero-order valence-corrected chi connectivity index (χ0v) is 11.6. The van der Waals surface area contributed by atoms with E-state index in [0.717, 1.165) is 0 Å². The van der Waals surface area contributed by atoms with E-state index in [4.69, 9.17) is 28.6 Å². The molecule has 18 heavy (non-hydrogen) atoms. The first kappa shape index (κ1) is 14.5. The van der Waals surface area contributed by atoms with Crippen LogP contribution in [0.4, 0.5) is 0 Å². The normalized spacial score (nSPS) is 9.50. The molecule has 0 aliphatic heterocycles. The van der Waals surface area contributed by atoms with E-state index in [9.17, 15) is 4.79 Å². The summed E-state index contributed by atoms with van der Waals surface area (Å²) in [5.41, 5.74) is 5.36. The first-order valence-electron chi connectivity index (χ1n) is 5.26. The van der Waals surface area contributed by atoms with Crippen LogP contribution in [0, 0.1) is 0 Å². The Morgan fingerprint density at radius 3 is 2.78 bits per heavy atom. The van der Waals surface area contributed by atoms with Crippen molar-refractivity contribution < 1.29 is 9.53 Å². The summed E-state index contributed by atoms with van der Waals surface area (Å²) >= 11 is 10.8. The number of hydrogen-bond acceptors (Lipinski definition) is 3. The summed E-state index contributed by atoms with van der Waals surface area (Å²) in [6, 6.07) is 4.79. The number of hydrogen-bond donors (Lipinski definition) is 3. The van der Waals surface area contributed by atoms with Gasteiger partial charge in [0.15, 0.2) is 5.11 Å². The molecule has 98 valence electrons. The molecule has 0 heterocycles. The van der Waals surface area contributed by atoms with Gasteiger partial charge in [-0.15, -0.1) is 0 Å². The van der Waals surface area contributed by atoms with E-state index in [0.29, 0.717) is 28.0 Å². The molecule has 0 saturated carbocycles. The number of methoxy groups -OCH3 is 1. The SMILES string of the molecule is CCNC(=S)NNC(=O)c1cc(Cl)ccc1OC. The van der Waals surface area contributed by atoms with Gasteiger partial charge in [0.05, 0.1) is 12.7 Å². The number of benzene rings is 1. The van der Waals surface area contributed by atoms with Crippen LogP contribution < -0.4 is 20.9 Å². The molecule has 0 aromatic heterocycles. The summed E-state index contributed by atoms with van der Waals surface area (Å²) < 4.78 is 5.08. The lowest BCUT2D eigenvalue weighted by Crippen LogP contribution is -2.46. The molecule has 0 fully saturated rings. The fourth-order valence-corrected chi connectivity index (χ4v) is 1.61. The molecular formula is C11H14ClN3O2S. The minimum absolute atomic E-state index is 0.330. The second-order valence-corrected chi connectivity index (χ2v) is 4.13. The molecule has 0 bridgehead atoms. The van der Waals surface area contributed by atoms with Crippen LogP contribution in [0.1, 0.15) is 17.3 Å². The van der Waals surface area contributed by atoms with Gasteiger partial charge in [-0.05, 0) is 37.3 Å². The van der Waals surface area contributed by atoms with Crippen molar-refractivity contribution in [2.75, 3.05) is 13.7 Å². The fraction of sp³-hybridized carbons (Fsp3) is 0.273. The van der Waals surface area contributed by atoms with E-state index in [1.807, 2.05) is 6.92 Å². The molecule has 0 radical (unpaired) electrons.